The Balaban J connectivity index is 1.91. The van der Waals surface area contributed by atoms with Crippen molar-refractivity contribution in [2.24, 2.45) is 0 Å². The number of carbonyl (C=O) groups is 1. The van der Waals surface area contributed by atoms with Crippen molar-refractivity contribution in [3.05, 3.63) is 42.6 Å². The molecule has 1 amide bonds. The summed E-state index contributed by atoms with van der Waals surface area (Å²) in [6.07, 6.45) is -3.23. The summed E-state index contributed by atoms with van der Waals surface area (Å²) < 4.78 is 45.0. The number of amides is 1. The number of pyridine rings is 1. The molecule has 0 saturated carbocycles. The Hall–Kier alpha value is -2.97. The molecular weight excluding hydrogens is 339 g/mol. The van der Waals surface area contributed by atoms with Crippen LogP contribution in [0, 0.1) is 0 Å². The molecule has 1 aromatic carbocycles. The third kappa shape index (κ3) is 5.87. The molecule has 0 spiro atoms. The molecular formula is C16H16F3N3O3. The van der Waals surface area contributed by atoms with Crippen LogP contribution in [0.1, 0.15) is 6.92 Å². The van der Waals surface area contributed by atoms with E-state index in [2.05, 4.69) is 20.4 Å². The second-order valence-corrected chi connectivity index (χ2v) is 5.02. The van der Waals surface area contributed by atoms with Crippen LogP contribution in [0.15, 0.2) is 42.6 Å². The minimum atomic E-state index is -4.75. The van der Waals surface area contributed by atoms with Gasteiger partial charge in [-0.2, -0.15) is 0 Å². The molecule has 134 valence electrons. The van der Waals surface area contributed by atoms with Crippen molar-refractivity contribution in [2.45, 2.75) is 19.3 Å². The van der Waals surface area contributed by atoms with Crippen molar-refractivity contribution in [3.63, 3.8) is 0 Å². The molecule has 1 heterocycles. The van der Waals surface area contributed by atoms with Gasteiger partial charge in [-0.15, -0.1) is 13.2 Å². The number of ether oxygens (including phenoxy) is 2. The Morgan fingerprint density at radius 1 is 1.12 bits per heavy atom. The summed E-state index contributed by atoms with van der Waals surface area (Å²) in [6, 6.07) is 7.64. The van der Waals surface area contributed by atoms with E-state index in [1.54, 1.807) is 19.1 Å². The lowest BCUT2D eigenvalue weighted by molar-refractivity contribution is -0.274. The second-order valence-electron chi connectivity index (χ2n) is 5.02. The molecule has 0 fully saturated rings. The zero-order valence-corrected chi connectivity index (χ0v) is 13.4. The summed E-state index contributed by atoms with van der Waals surface area (Å²) in [5.41, 5.74) is 0.971. The minimum Gasteiger partial charge on any atom is -0.481 e. The van der Waals surface area contributed by atoms with Gasteiger partial charge in [0.05, 0.1) is 19.0 Å². The zero-order chi connectivity index (χ0) is 18.4. The molecule has 0 radical (unpaired) electrons. The second kappa shape index (κ2) is 7.73. The number of halogens is 3. The van der Waals surface area contributed by atoms with Crippen molar-refractivity contribution in [2.75, 3.05) is 17.7 Å². The van der Waals surface area contributed by atoms with E-state index in [-0.39, 0.29) is 11.7 Å². The number of methoxy groups -OCH3 is 1. The van der Waals surface area contributed by atoms with Crippen molar-refractivity contribution in [1.29, 1.82) is 0 Å². The van der Waals surface area contributed by atoms with Crippen molar-refractivity contribution in [1.82, 2.24) is 4.98 Å². The van der Waals surface area contributed by atoms with E-state index >= 15 is 0 Å². The topological polar surface area (TPSA) is 72.5 Å². The van der Waals surface area contributed by atoms with E-state index in [0.29, 0.717) is 17.3 Å². The number of hydrogen-bond acceptors (Lipinski definition) is 5. The van der Waals surface area contributed by atoms with Crippen LogP contribution >= 0.6 is 0 Å². The molecule has 25 heavy (non-hydrogen) atoms. The van der Waals surface area contributed by atoms with Crippen LogP contribution in [-0.4, -0.2) is 30.4 Å². The summed E-state index contributed by atoms with van der Waals surface area (Å²) in [4.78, 5) is 16.1. The average molecular weight is 355 g/mol. The van der Waals surface area contributed by atoms with Gasteiger partial charge in [-0.25, -0.2) is 4.98 Å². The summed E-state index contributed by atoms with van der Waals surface area (Å²) in [5.74, 6) is -0.273. The number of carbonyl (C=O) groups excluding carboxylic acids is 1. The highest BCUT2D eigenvalue weighted by atomic mass is 19.4. The zero-order valence-electron chi connectivity index (χ0n) is 13.4. The highest BCUT2D eigenvalue weighted by Gasteiger charge is 2.31. The highest BCUT2D eigenvalue weighted by molar-refractivity contribution is 5.96. The van der Waals surface area contributed by atoms with Gasteiger partial charge in [0.2, 0.25) is 11.8 Å². The van der Waals surface area contributed by atoms with Crippen molar-refractivity contribution >= 4 is 17.3 Å². The smallest absolute Gasteiger partial charge is 0.481 e. The van der Waals surface area contributed by atoms with E-state index in [0.717, 1.165) is 12.1 Å². The molecule has 1 aromatic heterocycles. The van der Waals surface area contributed by atoms with Gasteiger partial charge in [-0.1, -0.05) is 0 Å². The van der Waals surface area contributed by atoms with Crippen LogP contribution in [0.25, 0.3) is 0 Å². The van der Waals surface area contributed by atoms with Gasteiger partial charge in [0.1, 0.15) is 11.8 Å². The normalized spacial score (nSPS) is 12.2. The van der Waals surface area contributed by atoms with E-state index in [1.807, 2.05) is 0 Å². The first-order valence-electron chi connectivity index (χ1n) is 7.20. The van der Waals surface area contributed by atoms with Crippen LogP contribution in [0.4, 0.5) is 24.5 Å². The Labute approximate surface area is 142 Å². The largest absolute Gasteiger partial charge is 0.573 e. The first-order chi connectivity index (χ1) is 11.8. The maximum atomic E-state index is 12.1. The standard InChI is InChI=1S/C16H16F3N3O3/c1-10(21-12-5-8-14(24-2)20-9-12)15(23)22-11-3-6-13(7-4-11)25-16(17,18)19/h3-10,21H,1-2H3,(H,22,23). The van der Waals surface area contributed by atoms with Gasteiger partial charge >= 0.3 is 6.36 Å². The summed E-state index contributed by atoms with van der Waals surface area (Å²) >= 11 is 0. The molecule has 1 unspecified atom stereocenters. The first kappa shape index (κ1) is 18.4. The predicted octanol–water partition coefficient (Wildman–Crippen LogP) is 3.43. The first-order valence-corrected chi connectivity index (χ1v) is 7.20. The van der Waals surface area contributed by atoms with E-state index in [9.17, 15) is 18.0 Å². The third-order valence-corrected chi connectivity index (χ3v) is 3.08. The Bertz CT molecular complexity index is 703. The third-order valence-electron chi connectivity index (χ3n) is 3.08. The molecule has 0 bridgehead atoms. The van der Waals surface area contributed by atoms with Gasteiger partial charge in [0.25, 0.3) is 0 Å². The van der Waals surface area contributed by atoms with E-state index in [4.69, 9.17) is 4.74 Å². The van der Waals surface area contributed by atoms with Gasteiger partial charge < -0.3 is 20.1 Å². The molecule has 0 aliphatic rings. The SMILES string of the molecule is COc1ccc(NC(C)C(=O)Nc2ccc(OC(F)(F)F)cc2)cn1. The van der Waals surface area contributed by atoms with Gasteiger partial charge in [0.15, 0.2) is 0 Å². The fourth-order valence-corrected chi connectivity index (χ4v) is 1.89. The number of aromatic nitrogens is 1. The fourth-order valence-electron chi connectivity index (χ4n) is 1.89. The fraction of sp³-hybridized carbons (Fsp3) is 0.250. The number of rotatable bonds is 6. The van der Waals surface area contributed by atoms with Crippen LogP contribution < -0.4 is 20.1 Å². The minimum absolute atomic E-state index is 0.348. The highest BCUT2D eigenvalue weighted by Crippen LogP contribution is 2.24. The monoisotopic (exact) mass is 355 g/mol. The number of anilines is 2. The Kier molecular flexibility index (Phi) is 5.68. The lowest BCUT2D eigenvalue weighted by Crippen LogP contribution is -2.31. The molecule has 2 rings (SSSR count). The lowest BCUT2D eigenvalue weighted by atomic mass is 10.2. The predicted molar refractivity (Wildman–Crippen MR) is 85.6 cm³/mol. The Morgan fingerprint density at radius 2 is 1.76 bits per heavy atom. The van der Waals surface area contributed by atoms with Crippen LogP contribution in [0.2, 0.25) is 0 Å². The quantitative estimate of drug-likeness (QED) is 0.831. The molecule has 2 N–H and O–H groups in total. The van der Waals surface area contributed by atoms with Crippen LogP contribution in [0.3, 0.4) is 0 Å². The summed E-state index contributed by atoms with van der Waals surface area (Å²) in [7, 11) is 1.50. The maximum Gasteiger partial charge on any atom is 0.573 e. The molecule has 0 aliphatic heterocycles. The van der Waals surface area contributed by atoms with Crippen molar-refractivity contribution in [3.8, 4) is 11.6 Å². The lowest BCUT2D eigenvalue weighted by Gasteiger charge is -2.15. The molecule has 0 saturated heterocycles. The van der Waals surface area contributed by atoms with Gasteiger partial charge in [-0.05, 0) is 37.3 Å². The number of nitrogens with one attached hydrogen (secondary N) is 2. The van der Waals surface area contributed by atoms with Crippen LogP contribution in [-0.2, 0) is 4.79 Å². The molecule has 1 atom stereocenters. The number of benzene rings is 1. The average Bonchev–Trinajstić information content (AvgIpc) is 2.56. The van der Waals surface area contributed by atoms with E-state index in [1.165, 1.54) is 25.4 Å². The number of alkyl halides is 3. The number of nitrogens with zero attached hydrogens (tertiary/aromatic N) is 1. The van der Waals surface area contributed by atoms with Gasteiger partial charge in [0, 0.05) is 11.8 Å². The Morgan fingerprint density at radius 3 is 2.28 bits per heavy atom. The summed E-state index contributed by atoms with van der Waals surface area (Å²) in [6.45, 7) is 1.64. The number of hydrogen-bond donors (Lipinski definition) is 2. The van der Waals surface area contributed by atoms with Crippen molar-refractivity contribution < 1.29 is 27.4 Å². The van der Waals surface area contributed by atoms with E-state index < -0.39 is 12.4 Å². The summed E-state index contributed by atoms with van der Waals surface area (Å²) in [5, 5.41) is 5.54. The molecule has 6 nitrogen and oxygen atoms in total. The molecule has 2 aromatic rings. The van der Waals surface area contributed by atoms with Gasteiger partial charge in [-0.3, -0.25) is 4.79 Å². The molecule has 0 aliphatic carbocycles. The molecule has 9 heteroatoms. The maximum absolute atomic E-state index is 12.1. The van der Waals surface area contributed by atoms with Crippen LogP contribution in [0.5, 0.6) is 11.6 Å².